The third-order valence-corrected chi connectivity index (χ3v) is 5.33. The van der Waals surface area contributed by atoms with Gasteiger partial charge in [-0.1, -0.05) is 47.5 Å². The Morgan fingerprint density at radius 3 is 2.79 bits per heavy atom. The van der Waals surface area contributed by atoms with E-state index in [-0.39, 0.29) is 11.6 Å². The van der Waals surface area contributed by atoms with E-state index in [0.717, 1.165) is 33.3 Å². The van der Waals surface area contributed by atoms with Crippen LogP contribution in [0.2, 0.25) is 5.15 Å². The van der Waals surface area contributed by atoms with E-state index in [9.17, 15) is 4.79 Å². The van der Waals surface area contributed by atoms with Crippen molar-refractivity contribution in [1.29, 1.82) is 0 Å². The first-order chi connectivity index (χ1) is 13.5. The fourth-order valence-corrected chi connectivity index (χ4v) is 3.88. The summed E-state index contributed by atoms with van der Waals surface area (Å²) >= 11 is 7.56. The molecule has 0 spiro atoms. The second-order valence-electron chi connectivity index (χ2n) is 6.22. The summed E-state index contributed by atoms with van der Waals surface area (Å²) in [5.74, 6) is 0.376. The number of hydrogen-bond donors (Lipinski definition) is 1. The van der Waals surface area contributed by atoms with Crippen molar-refractivity contribution in [2.75, 3.05) is 12.4 Å². The van der Waals surface area contributed by atoms with E-state index in [2.05, 4.69) is 15.3 Å². The van der Waals surface area contributed by atoms with Crippen LogP contribution in [0.4, 0.5) is 5.13 Å². The van der Waals surface area contributed by atoms with E-state index in [1.165, 1.54) is 11.3 Å². The molecule has 28 heavy (non-hydrogen) atoms. The number of carbonyl (C=O) groups excluding carboxylic acids is 1. The average Bonchev–Trinajstić information content (AvgIpc) is 3.16. The van der Waals surface area contributed by atoms with Crippen LogP contribution in [0.15, 0.2) is 53.9 Å². The number of aryl methyl sites for hydroxylation is 1. The van der Waals surface area contributed by atoms with Gasteiger partial charge in [0.15, 0.2) is 5.13 Å². The van der Waals surface area contributed by atoms with Crippen molar-refractivity contribution in [2.24, 2.45) is 0 Å². The molecule has 7 heteroatoms. The summed E-state index contributed by atoms with van der Waals surface area (Å²) < 4.78 is 5.42. The Labute approximate surface area is 171 Å². The Bertz CT molecular complexity index is 1190. The van der Waals surface area contributed by atoms with Gasteiger partial charge in [0.25, 0.3) is 5.91 Å². The van der Waals surface area contributed by atoms with Crippen molar-refractivity contribution in [3.05, 3.63) is 70.3 Å². The summed E-state index contributed by atoms with van der Waals surface area (Å²) in [6.07, 6.45) is 0. The van der Waals surface area contributed by atoms with Crippen LogP contribution in [-0.4, -0.2) is 23.0 Å². The predicted molar refractivity (Wildman–Crippen MR) is 114 cm³/mol. The highest BCUT2D eigenvalue weighted by Crippen LogP contribution is 2.33. The lowest BCUT2D eigenvalue weighted by Crippen LogP contribution is -2.13. The zero-order chi connectivity index (χ0) is 19.7. The summed E-state index contributed by atoms with van der Waals surface area (Å²) in [5, 5.41) is 7.13. The summed E-state index contributed by atoms with van der Waals surface area (Å²) in [5.41, 5.74) is 2.97. The van der Waals surface area contributed by atoms with Gasteiger partial charge in [-0.15, -0.1) is 11.3 Å². The highest BCUT2D eigenvalue weighted by molar-refractivity contribution is 7.14. The van der Waals surface area contributed by atoms with E-state index in [1.807, 2.05) is 54.8 Å². The smallest absolute Gasteiger partial charge is 0.276 e. The van der Waals surface area contributed by atoms with Crippen LogP contribution in [0.3, 0.4) is 0 Å². The molecule has 0 fully saturated rings. The SMILES string of the molecule is COc1ccc(C)cc1-c1csc(NC(=O)c2cc3ccccc3c(Cl)n2)n1. The molecule has 0 aliphatic carbocycles. The maximum absolute atomic E-state index is 12.6. The molecule has 4 rings (SSSR count). The lowest BCUT2D eigenvalue weighted by atomic mass is 10.1. The minimum Gasteiger partial charge on any atom is -0.496 e. The average molecular weight is 410 g/mol. The van der Waals surface area contributed by atoms with Gasteiger partial charge in [-0.2, -0.15) is 0 Å². The number of pyridine rings is 1. The molecule has 0 atom stereocenters. The van der Waals surface area contributed by atoms with Crippen LogP contribution in [0, 0.1) is 6.92 Å². The zero-order valence-corrected chi connectivity index (χ0v) is 16.8. The molecule has 0 aliphatic rings. The number of aromatic nitrogens is 2. The molecule has 1 N–H and O–H groups in total. The van der Waals surface area contributed by atoms with Crippen LogP contribution in [0.1, 0.15) is 16.1 Å². The molecule has 2 heterocycles. The zero-order valence-electron chi connectivity index (χ0n) is 15.2. The summed E-state index contributed by atoms with van der Waals surface area (Å²) in [6.45, 7) is 2.01. The lowest BCUT2D eigenvalue weighted by molar-refractivity contribution is 0.102. The Kier molecular flexibility index (Phi) is 4.98. The van der Waals surface area contributed by atoms with Gasteiger partial charge in [0.1, 0.15) is 16.6 Å². The summed E-state index contributed by atoms with van der Waals surface area (Å²) in [6, 6.07) is 15.1. The van der Waals surface area contributed by atoms with Crippen LogP contribution < -0.4 is 10.1 Å². The first-order valence-corrected chi connectivity index (χ1v) is 9.78. The van der Waals surface area contributed by atoms with Crippen molar-refractivity contribution in [2.45, 2.75) is 6.92 Å². The number of carbonyl (C=O) groups is 1. The molecule has 5 nitrogen and oxygen atoms in total. The van der Waals surface area contributed by atoms with Crippen molar-refractivity contribution < 1.29 is 9.53 Å². The van der Waals surface area contributed by atoms with Gasteiger partial charge >= 0.3 is 0 Å². The minimum atomic E-state index is -0.357. The maximum Gasteiger partial charge on any atom is 0.276 e. The third kappa shape index (κ3) is 3.56. The van der Waals surface area contributed by atoms with Gasteiger partial charge in [0.2, 0.25) is 0 Å². The van der Waals surface area contributed by atoms with Gasteiger partial charge in [-0.3, -0.25) is 10.1 Å². The second-order valence-corrected chi connectivity index (χ2v) is 7.43. The lowest BCUT2D eigenvalue weighted by Gasteiger charge is -2.07. The number of fused-ring (bicyclic) bond motifs is 1. The summed E-state index contributed by atoms with van der Waals surface area (Å²) in [4.78, 5) is 21.4. The molecule has 2 aromatic heterocycles. The number of nitrogens with one attached hydrogen (secondary N) is 1. The third-order valence-electron chi connectivity index (χ3n) is 4.28. The number of anilines is 1. The molecule has 4 aromatic rings. The highest BCUT2D eigenvalue weighted by Gasteiger charge is 2.15. The molecule has 0 saturated carbocycles. The molecular weight excluding hydrogens is 394 g/mol. The fraction of sp³-hybridized carbons (Fsp3) is 0.0952. The standard InChI is InChI=1S/C21H16ClN3O2S/c1-12-7-8-18(27-2)15(9-12)17-11-28-21(24-17)25-20(26)16-10-13-5-3-4-6-14(13)19(22)23-16/h3-11H,1-2H3,(H,24,25,26). The number of nitrogens with zero attached hydrogens (tertiary/aromatic N) is 2. The Hall–Kier alpha value is -2.96. The van der Waals surface area contributed by atoms with Crippen molar-refractivity contribution in [3.63, 3.8) is 0 Å². The van der Waals surface area contributed by atoms with E-state index >= 15 is 0 Å². The molecule has 0 bridgehead atoms. The topological polar surface area (TPSA) is 64.1 Å². The minimum absolute atomic E-state index is 0.244. The number of ether oxygens (including phenoxy) is 1. The number of thiazole rings is 1. The van der Waals surface area contributed by atoms with Crippen molar-refractivity contribution in [3.8, 4) is 17.0 Å². The van der Waals surface area contributed by atoms with Crippen LogP contribution >= 0.6 is 22.9 Å². The molecule has 2 aromatic carbocycles. The number of halogens is 1. The van der Waals surface area contributed by atoms with E-state index in [4.69, 9.17) is 16.3 Å². The van der Waals surface area contributed by atoms with Crippen LogP contribution in [0.25, 0.3) is 22.0 Å². The number of rotatable bonds is 4. The van der Waals surface area contributed by atoms with E-state index < -0.39 is 0 Å². The molecule has 0 saturated heterocycles. The molecule has 0 unspecified atom stereocenters. The van der Waals surface area contributed by atoms with Gasteiger partial charge < -0.3 is 4.74 Å². The number of hydrogen-bond acceptors (Lipinski definition) is 5. The molecule has 140 valence electrons. The number of benzene rings is 2. The normalized spacial score (nSPS) is 10.8. The molecule has 0 aliphatic heterocycles. The van der Waals surface area contributed by atoms with Crippen LogP contribution in [-0.2, 0) is 0 Å². The Morgan fingerprint density at radius 2 is 1.96 bits per heavy atom. The number of amides is 1. The Morgan fingerprint density at radius 1 is 1.14 bits per heavy atom. The maximum atomic E-state index is 12.6. The largest absolute Gasteiger partial charge is 0.496 e. The molecule has 0 radical (unpaired) electrons. The first-order valence-electron chi connectivity index (χ1n) is 8.52. The van der Waals surface area contributed by atoms with Crippen molar-refractivity contribution >= 4 is 44.7 Å². The van der Waals surface area contributed by atoms with Crippen molar-refractivity contribution in [1.82, 2.24) is 9.97 Å². The van der Waals surface area contributed by atoms with Gasteiger partial charge in [0.05, 0.1) is 12.8 Å². The van der Waals surface area contributed by atoms with Crippen LogP contribution in [0.5, 0.6) is 5.75 Å². The molecular formula is C21H16ClN3O2S. The molecule has 1 amide bonds. The number of methoxy groups -OCH3 is 1. The predicted octanol–water partition coefficient (Wildman–Crippen LogP) is 5.58. The second kappa shape index (κ2) is 7.58. The summed E-state index contributed by atoms with van der Waals surface area (Å²) in [7, 11) is 1.62. The monoisotopic (exact) mass is 409 g/mol. The highest BCUT2D eigenvalue weighted by atomic mass is 35.5. The Balaban J connectivity index is 1.61. The van der Waals surface area contributed by atoms with Gasteiger partial charge in [-0.05, 0) is 30.5 Å². The quantitative estimate of drug-likeness (QED) is 0.447. The van der Waals surface area contributed by atoms with Gasteiger partial charge in [0, 0.05) is 16.3 Å². The van der Waals surface area contributed by atoms with E-state index in [0.29, 0.717) is 10.3 Å². The van der Waals surface area contributed by atoms with E-state index in [1.54, 1.807) is 13.2 Å². The van der Waals surface area contributed by atoms with Gasteiger partial charge in [-0.25, -0.2) is 9.97 Å². The fourth-order valence-electron chi connectivity index (χ4n) is 2.91. The first kappa shape index (κ1) is 18.4.